The van der Waals surface area contributed by atoms with E-state index >= 15 is 0 Å². The summed E-state index contributed by atoms with van der Waals surface area (Å²) < 4.78 is 10.7. The first-order chi connectivity index (χ1) is 14.9. The zero-order chi connectivity index (χ0) is 22.1. The van der Waals surface area contributed by atoms with E-state index in [2.05, 4.69) is 9.97 Å². The highest BCUT2D eigenvalue weighted by Gasteiger charge is 2.38. The molecule has 2 aromatic carbocycles. The first-order valence-corrected chi connectivity index (χ1v) is 9.73. The number of amides is 1. The summed E-state index contributed by atoms with van der Waals surface area (Å²) >= 11 is 0. The van der Waals surface area contributed by atoms with Crippen molar-refractivity contribution < 1.29 is 19.1 Å². The number of fused-ring (bicyclic) bond motifs is 1. The fourth-order valence-corrected chi connectivity index (χ4v) is 3.66. The second kappa shape index (κ2) is 8.10. The van der Waals surface area contributed by atoms with E-state index in [1.54, 1.807) is 23.1 Å². The lowest BCUT2D eigenvalue weighted by Crippen LogP contribution is -2.41. The number of Topliss-reactive ketones (excluding diaryl/α,β-unsaturated/α-hetero) is 1. The van der Waals surface area contributed by atoms with Crippen molar-refractivity contribution in [1.29, 1.82) is 5.41 Å². The Morgan fingerprint density at radius 1 is 1.16 bits per heavy atom. The standard InChI is InChI=1S/C22H23N5O4/c1-13(28)26-11-19(29)20(22-24-17-6-4-5-7-18(17)25-22)21(23)27(12-26)14-8-15(30-2)10-16(9-14)31-3/h4-10,20,23H,11-12H2,1-3H3,(H,24,25). The Balaban J connectivity index is 1.83. The van der Waals surface area contributed by atoms with Crippen LogP contribution in [0.4, 0.5) is 5.69 Å². The maximum Gasteiger partial charge on any atom is 0.221 e. The molecule has 0 aliphatic carbocycles. The molecule has 2 heterocycles. The van der Waals surface area contributed by atoms with Crippen molar-refractivity contribution in [2.45, 2.75) is 12.8 Å². The number of nitrogens with zero attached hydrogens (tertiary/aromatic N) is 3. The lowest BCUT2D eigenvalue weighted by molar-refractivity contribution is -0.133. The number of ether oxygens (including phenoxy) is 2. The molecule has 1 unspecified atom stereocenters. The molecule has 3 aromatic rings. The van der Waals surface area contributed by atoms with Gasteiger partial charge in [-0.2, -0.15) is 0 Å². The molecule has 1 fully saturated rings. The molecule has 160 valence electrons. The van der Waals surface area contributed by atoms with E-state index in [1.165, 1.54) is 26.0 Å². The summed E-state index contributed by atoms with van der Waals surface area (Å²) in [6.45, 7) is 1.34. The van der Waals surface area contributed by atoms with Crippen molar-refractivity contribution in [2.75, 3.05) is 32.3 Å². The third kappa shape index (κ3) is 3.81. The fourth-order valence-electron chi connectivity index (χ4n) is 3.66. The number of H-pyrrole nitrogens is 1. The second-order valence-electron chi connectivity index (χ2n) is 7.28. The van der Waals surface area contributed by atoms with E-state index in [0.29, 0.717) is 28.5 Å². The van der Waals surface area contributed by atoms with Crippen molar-refractivity contribution in [3.63, 3.8) is 0 Å². The molecular formula is C22H23N5O4. The summed E-state index contributed by atoms with van der Waals surface area (Å²) in [5.41, 5.74) is 2.06. The lowest BCUT2D eigenvalue weighted by atomic mass is 10.0. The van der Waals surface area contributed by atoms with Crippen LogP contribution in [0.25, 0.3) is 11.0 Å². The average Bonchev–Trinajstić information content (AvgIpc) is 3.13. The Morgan fingerprint density at radius 2 is 1.84 bits per heavy atom. The molecule has 1 atom stereocenters. The minimum Gasteiger partial charge on any atom is -0.497 e. The van der Waals surface area contributed by atoms with Gasteiger partial charge in [-0.1, -0.05) is 12.1 Å². The number of rotatable bonds is 4. The number of anilines is 1. The number of amidine groups is 1. The van der Waals surface area contributed by atoms with Crippen molar-refractivity contribution in [3.05, 3.63) is 48.3 Å². The smallest absolute Gasteiger partial charge is 0.221 e. The van der Waals surface area contributed by atoms with Gasteiger partial charge < -0.3 is 24.3 Å². The summed E-state index contributed by atoms with van der Waals surface area (Å²) in [6.07, 6.45) is 0. The first kappa shape index (κ1) is 20.4. The molecule has 9 heteroatoms. The van der Waals surface area contributed by atoms with Crippen LogP contribution in [0, 0.1) is 5.41 Å². The number of benzene rings is 2. The topological polar surface area (TPSA) is 112 Å². The van der Waals surface area contributed by atoms with Crippen LogP contribution in [0.5, 0.6) is 11.5 Å². The van der Waals surface area contributed by atoms with Crippen molar-refractivity contribution in [1.82, 2.24) is 14.9 Å². The summed E-state index contributed by atoms with van der Waals surface area (Å²) in [7, 11) is 3.07. The highest BCUT2D eigenvalue weighted by atomic mass is 16.5. The van der Waals surface area contributed by atoms with Gasteiger partial charge in [-0.25, -0.2) is 4.98 Å². The SMILES string of the molecule is COc1cc(OC)cc(N2CN(C(C)=O)CC(=O)C(c3nc4ccccc4[nH]3)C2=N)c1. The summed E-state index contributed by atoms with van der Waals surface area (Å²) in [6, 6.07) is 12.6. The van der Waals surface area contributed by atoms with Gasteiger partial charge in [0.15, 0.2) is 5.78 Å². The molecule has 0 spiro atoms. The van der Waals surface area contributed by atoms with E-state index in [1.807, 2.05) is 24.3 Å². The number of aromatic nitrogens is 2. The number of ketones is 1. The van der Waals surface area contributed by atoms with Gasteiger partial charge in [0, 0.05) is 25.1 Å². The highest BCUT2D eigenvalue weighted by molar-refractivity contribution is 6.16. The van der Waals surface area contributed by atoms with Crippen LogP contribution in [0.1, 0.15) is 18.7 Å². The van der Waals surface area contributed by atoms with E-state index in [4.69, 9.17) is 14.9 Å². The molecule has 1 aromatic heterocycles. The minimum atomic E-state index is -0.950. The van der Waals surface area contributed by atoms with Gasteiger partial charge in [0.05, 0.1) is 44.2 Å². The van der Waals surface area contributed by atoms with E-state index in [0.717, 1.165) is 5.52 Å². The molecule has 1 aliphatic rings. The van der Waals surface area contributed by atoms with E-state index in [9.17, 15) is 9.59 Å². The zero-order valence-electron chi connectivity index (χ0n) is 17.5. The van der Waals surface area contributed by atoms with Gasteiger partial charge in [0.2, 0.25) is 5.91 Å². The Morgan fingerprint density at radius 3 is 2.45 bits per heavy atom. The van der Waals surface area contributed by atoms with Crippen LogP contribution in [-0.2, 0) is 9.59 Å². The number of hydrogen-bond acceptors (Lipinski definition) is 6. The largest absolute Gasteiger partial charge is 0.497 e. The van der Waals surface area contributed by atoms with Crippen LogP contribution in [-0.4, -0.2) is 59.8 Å². The van der Waals surface area contributed by atoms with E-state index in [-0.39, 0.29) is 30.7 Å². The Kier molecular flexibility index (Phi) is 5.33. The number of nitrogens with one attached hydrogen (secondary N) is 2. The molecular weight excluding hydrogens is 398 g/mol. The summed E-state index contributed by atoms with van der Waals surface area (Å²) in [4.78, 5) is 36.1. The minimum absolute atomic E-state index is 0.0168. The number of carbonyl (C=O) groups excluding carboxylic acids is 2. The monoisotopic (exact) mass is 421 g/mol. The van der Waals surface area contributed by atoms with Crippen molar-refractivity contribution >= 4 is 34.2 Å². The third-order valence-corrected chi connectivity index (χ3v) is 5.32. The summed E-state index contributed by atoms with van der Waals surface area (Å²) in [5.74, 6) is -0.0267. The van der Waals surface area contributed by atoms with Gasteiger partial charge in [-0.15, -0.1) is 0 Å². The van der Waals surface area contributed by atoms with Gasteiger partial charge >= 0.3 is 0 Å². The van der Waals surface area contributed by atoms with Crippen LogP contribution in [0.15, 0.2) is 42.5 Å². The van der Waals surface area contributed by atoms with Crippen LogP contribution < -0.4 is 14.4 Å². The molecule has 31 heavy (non-hydrogen) atoms. The quantitative estimate of drug-likeness (QED) is 0.670. The molecule has 0 saturated carbocycles. The average molecular weight is 421 g/mol. The zero-order valence-corrected chi connectivity index (χ0v) is 17.5. The predicted octanol–water partition coefficient (Wildman–Crippen LogP) is 2.54. The Labute approximate surface area is 179 Å². The molecule has 1 amide bonds. The molecule has 4 rings (SSSR count). The number of carbonyl (C=O) groups is 2. The Bertz CT molecular complexity index is 1120. The maximum atomic E-state index is 13.2. The third-order valence-electron chi connectivity index (χ3n) is 5.32. The molecule has 1 aliphatic heterocycles. The predicted molar refractivity (Wildman–Crippen MR) is 116 cm³/mol. The van der Waals surface area contributed by atoms with Gasteiger partial charge in [-0.3, -0.25) is 15.0 Å². The van der Waals surface area contributed by atoms with Gasteiger partial charge in [0.25, 0.3) is 0 Å². The van der Waals surface area contributed by atoms with E-state index < -0.39 is 5.92 Å². The number of methoxy groups -OCH3 is 2. The maximum absolute atomic E-state index is 13.2. The molecule has 1 saturated heterocycles. The second-order valence-corrected chi connectivity index (χ2v) is 7.28. The lowest BCUT2D eigenvalue weighted by Gasteiger charge is -2.29. The molecule has 0 radical (unpaired) electrons. The first-order valence-electron chi connectivity index (χ1n) is 9.73. The number of imidazole rings is 1. The number of aromatic amines is 1. The molecule has 0 bridgehead atoms. The Hall–Kier alpha value is -3.88. The van der Waals surface area contributed by atoms with Crippen molar-refractivity contribution in [3.8, 4) is 11.5 Å². The normalized spacial score (nSPS) is 17.1. The van der Waals surface area contributed by atoms with Crippen molar-refractivity contribution in [2.24, 2.45) is 0 Å². The number of para-hydroxylation sites is 2. The molecule has 2 N–H and O–H groups in total. The van der Waals surface area contributed by atoms with Gasteiger partial charge in [-0.05, 0) is 12.1 Å². The fraction of sp³-hybridized carbons (Fsp3) is 0.273. The van der Waals surface area contributed by atoms with Gasteiger partial charge in [0.1, 0.15) is 29.1 Å². The number of hydrogen-bond donors (Lipinski definition) is 2. The molecule has 9 nitrogen and oxygen atoms in total. The summed E-state index contributed by atoms with van der Waals surface area (Å²) in [5, 5.41) is 8.93. The van der Waals surface area contributed by atoms with Crippen LogP contribution in [0.3, 0.4) is 0 Å². The van der Waals surface area contributed by atoms with Crippen LogP contribution >= 0.6 is 0 Å². The van der Waals surface area contributed by atoms with Crippen LogP contribution in [0.2, 0.25) is 0 Å². The highest BCUT2D eigenvalue weighted by Crippen LogP contribution is 2.32.